The molecule has 1 saturated heterocycles. The van der Waals surface area contributed by atoms with Crippen molar-refractivity contribution in [3.05, 3.63) is 39.7 Å². The zero-order chi connectivity index (χ0) is 13.8. The van der Waals surface area contributed by atoms with Crippen LogP contribution in [-0.2, 0) is 0 Å². The lowest BCUT2D eigenvalue weighted by molar-refractivity contribution is -0.385. The van der Waals surface area contributed by atoms with Gasteiger partial charge in [-0.2, -0.15) is 0 Å². The second-order valence-corrected chi connectivity index (χ2v) is 4.42. The number of alkyl halides is 1. The first kappa shape index (κ1) is 13.8. The second kappa shape index (κ2) is 6.03. The molecule has 5 nitrogen and oxygen atoms in total. The monoisotopic (exact) mass is 271 g/mol. The van der Waals surface area contributed by atoms with E-state index < -0.39 is 23.5 Å². The van der Waals surface area contributed by atoms with E-state index in [2.05, 4.69) is 5.32 Å². The van der Waals surface area contributed by atoms with Gasteiger partial charge in [0.05, 0.1) is 11.0 Å². The molecule has 0 saturated carbocycles. The number of benzene rings is 1. The smallest absolute Gasteiger partial charge is 0.269 e. The Morgan fingerprint density at radius 1 is 1.42 bits per heavy atom. The average molecular weight is 271 g/mol. The van der Waals surface area contributed by atoms with Crippen LogP contribution in [0, 0.1) is 15.9 Å². The van der Waals surface area contributed by atoms with Gasteiger partial charge < -0.3 is 5.32 Å². The maximum Gasteiger partial charge on any atom is 0.269 e. The van der Waals surface area contributed by atoms with Crippen molar-refractivity contribution in [3.63, 3.8) is 0 Å². The van der Waals surface area contributed by atoms with Crippen LogP contribution in [0.25, 0.3) is 0 Å². The van der Waals surface area contributed by atoms with E-state index in [4.69, 9.17) is 0 Å². The summed E-state index contributed by atoms with van der Waals surface area (Å²) in [5.74, 6) is -0.605. The van der Waals surface area contributed by atoms with Crippen molar-refractivity contribution in [1.82, 2.24) is 10.2 Å². The Morgan fingerprint density at radius 3 is 2.68 bits per heavy atom. The minimum atomic E-state index is -0.766. The number of nitro benzene ring substituents is 1. The van der Waals surface area contributed by atoms with Gasteiger partial charge in [-0.15, -0.1) is 0 Å². The molecule has 2 rings (SSSR count). The Kier molecular flexibility index (Phi) is 4.39. The summed E-state index contributed by atoms with van der Waals surface area (Å²) < 4.78 is 27.0. The molecular formula is C12H15F2N3O2. The van der Waals surface area contributed by atoms with Gasteiger partial charge in [-0.05, 0) is 6.07 Å². The molecule has 0 bridgehead atoms. The van der Waals surface area contributed by atoms with Crippen LogP contribution in [0.2, 0.25) is 0 Å². The number of non-ortho nitro benzene ring substituents is 1. The molecule has 0 amide bonds. The number of hydrogen-bond donors (Lipinski definition) is 1. The summed E-state index contributed by atoms with van der Waals surface area (Å²) in [5.41, 5.74) is -0.163. The topological polar surface area (TPSA) is 58.4 Å². The van der Waals surface area contributed by atoms with E-state index in [0.29, 0.717) is 26.2 Å². The van der Waals surface area contributed by atoms with Crippen molar-refractivity contribution >= 4 is 5.69 Å². The molecule has 0 spiro atoms. The van der Waals surface area contributed by atoms with Crippen LogP contribution in [0.1, 0.15) is 11.6 Å². The number of nitrogens with zero attached hydrogens (tertiary/aromatic N) is 2. The maximum atomic E-state index is 13.8. The Hall–Kier alpha value is -1.60. The summed E-state index contributed by atoms with van der Waals surface area (Å²) in [6.07, 6.45) is 0. The fraction of sp³-hybridized carbons (Fsp3) is 0.500. The number of rotatable bonds is 4. The lowest BCUT2D eigenvalue weighted by atomic mass is 10.0. The highest BCUT2D eigenvalue weighted by Crippen LogP contribution is 2.27. The van der Waals surface area contributed by atoms with Gasteiger partial charge in [-0.3, -0.25) is 15.0 Å². The maximum absolute atomic E-state index is 13.8. The molecule has 1 atom stereocenters. The minimum Gasteiger partial charge on any atom is -0.314 e. The van der Waals surface area contributed by atoms with Gasteiger partial charge in [0, 0.05) is 43.9 Å². The summed E-state index contributed by atoms with van der Waals surface area (Å²) in [5, 5.41) is 13.8. The Bertz CT molecular complexity index is 464. The molecule has 19 heavy (non-hydrogen) atoms. The quantitative estimate of drug-likeness (QED) is 0.668. The molecule has 0 aromatic heterocycles. The van der Waals surface area contributed by atoms with E-state index >= 15 is 0 Å². The van der Waals surface area contributed by atoms with Crippen LogP contribution >= 0.6 is 0 Å². The number of nitro groups is 1. The molecule has 0 aliphatic carbocycles. The normalized spacial score (nSPS) is 18.2. The van der Waals surface area contributed by atoms with Crippen LogP contribution in [0.5, 0.6) is 0 Å². The molecule has 1 heterocycles. The number of piperazine rings is 1. The summed E-state index contributed by atoms with van der Waals surface area (Å²) in [4.78, 5) is 11.9. The summed E-state index contributed by atoms with van der Waals surface area (Å²) in [6.45, 7) is 1.83. The third-order valence-corrected chi connectivity index (χ3v) is 3.29. The predicted octanol–water partition coefficient (Wildman–Crippen LogP) is 1.65. The van der Waals surface area contributed by atoms with Gasteiger partial charge in [-0.1, -0.05) is 0 Å². The van der Waals surface area contributed by atoms with Crippen molar-refractivity contribution < 1.29 is 13.7 Å². The van der Waals surface area contributed by atoms with E-state index in [1.165, 1.54) is 0 Å². The zero-order valence-electron chi connectivity index (χ0n) is 10.3. The fourth-order valence-corrected chi connectivity index (χ4v) is 2.27. The van der Waals surface area contributed by atoms with Crippen molar-refractivity contribution in [3.8, 4) is 0 Å². The van der Waals surface area contributed by atoms with Gasteiger partial charge in [0.2, 0.25) is 0 Å². The molecule has 104 valence electrons. The standard InChI is InChI=1S/C12H15F2N3O2/c13-8-12(16-5-3-15-4-6-16)10-7-9(17(18)19)1-2-11(10)14/h1-2,7,12,15H,3-6,8H2/t12-/m0/s1. The molecular weight excluding hydrogens is 256 g/mol. The molecule has 1 aliphatic heterocycles. The van der Waals surface area contributed by atoms with Crippen molar-refractivity contribution in [2.24, 2.45) is 0 Å². The van der Waals surface area contributed by atoms with E-state index in [1.807, 2.05) is 0 Å². The van der Waals surface area contributed by atoms with Gasteiger partial charge in [0.15, 0.2) is 0 Å². The number of nitrogens with one attached hydrogen (secondary N) is 1. The third kappa shape index (κ3) is 3.05. The second-order valence-electron chi connectivity index (χ2n) is 4.42. The first-order valence-electron chi connectivity index (χ1n) is 6.08. The number of hydrogen-bond acceptors (Lipinski definition) is 4. The van der Waals surface area contributed by atoms with E-state index in [1.54, 1.807) is 4.90 Å². The zero-order valence-corrected chi connectivity index (χ0v) is 10.3. The minimum absolute atomic E-state index is 0.0543. The average Bonchev–Trinajstić information content (AvgIpc) is 2.42. The Morgan fingerprint density at radius 2 is 2.11 bits per heavy atom. The fourth-order valence-electron chi connectivity index (χ4n) is 2.27. The number of halogens is 2. The van der Waals surface area contributed by atoms with Gasteiger partial charge in [0.1, 0.15) is 12.5 Å². The third-order valence-electron chi connectivity index (χ3n) is 3.29. The van der Waals surface area contributed by atoms with Gasteiger partial charge in [-0.25, -0.2) is 8.78 Å². The lowest BCUT2D eigenvalue weighted by Gasteiger charge is -2.33. The Labute approximate surface area is 109 Å². The Balaban J connectivity index is 2.30. The summed E-state index contributed by atoms with van der Waals surface area (Å²) >= 11 is 0. The highest BCUT2D eigenvalue weighted by Gasteiger charge is 2.26. The van der Waals surface area contributed by atoms with Gasteiger partial charge in [0.25, 0.3) is 5.69 Å². The highest BCUT2D eigenvalue weighted by molar-refractivity contribution is 5.37. The van der Waals surface area contributed by atoms with Crippen molar-refractivity contribution in [2.75, 3.05) is 32.9 Å². The molecule has 1 aromatic rings. The van der Waals surface area contributed by atoms with E-state index in [-0.39, 0.29) is 11.3 Å². The van der Waals surface area contributed by atoms with Crippen molar-refractivity contribution in [2.45, 2.75) is 6.04 Å². The molecule has 1 fully saturated rings. The van der Waals surface area contributed by atoms with Gasteiger partial charge >= 0.3 is 0 Å². The highest BCUT2D eigenvalue weighted by atomic mass is 19.1. The predicted molar refractivity (Wildman–Crippen MR) is 66.2 cm³/mol. The van der Waals surface area contributed by atoms with Crippen LogP contribution in [0.15, 0.2) is 18.2 Å². The van der Waals surface area contributed by atoms with E-state index in [0.717, 1.165) is 18.2 Å². The summed E-state index contributed by atoms with van der Waals surface area (Å²) in [7, 11) is 0. The first-order chi connectivity index (χ1) is 9.13. The van der Waals surface area contributed by atoms with Crippen LogP contribution in [0.3, 0.4) is 0 Å². The molecule has 1 N–H and O–H groups in total. The lowest BCUT2D eigenvalue weighted by Crippen LogP contribution is -2.45. The van der Waals surface area contributed by atoms with Crippen LogP contribution in [0.4, 0.5) is 14.5 Å². The molecule has 1 aliphatic rings. The molecule has 7 heteroatoms. The summed E-state index contributed by atoms with van der Waals surface area (Å²) in [6, 6.07) is 2.48. The molecule has 0 unspecified atom stereocenters. The van der Waals surface area contributed by atoms with E-state index in [9.17, 15) is 18.9 Å². The molecule has 1 aromatic carbocycles. The SMILES string of the molecule is O=[N+]([O-])c1ccc(F)c([C@H](CF)N2CCNCC2)c1. The van der Waals surface area contributed by atoms with Crippen LogP contribution in [-0.4, -0.2) is 42.7 Å². The van der Waals surface area contributed by atoms with Crippen LogP contribution < -0.4 is 5.32 Å². The molecule has 0 radical (unpaired) electrons. The van der Waals surface area contributed by atoms with Crippen molar-refractivity contribution in [1.29, 1.82) is 0 Å². The first-order valence-corrected chi connectivity index (χ1v) is 6.08. The largest absolute Gasteiger partial charge is 0.314 e.